The van der Waals surface area contributed by atoms with Gasteiger partial charge in [0.2, 0.25) is 0 Å². The molecule has 1 aromatic heterocycles. The van der Waals surface area contributed by atoms with Crippen LogP contribution in [0.25, 0.3) is 0 Å². The van der Waals surface area contributed by atoms with Crippen molar-refractivity contribution in [2.75, 3.05) is 25.1 Å². The average molecular weight is 264 g/mol. The zero-order valence-corrected chi connectivity index (χ0v) is 10.7. The van der Waals surface area contributed by atoms with Crippen molar-refractivity contribution in [3.05, 3.63) is 23.9 Å². The molecule has 1 aliphatic carbocycles. The predicted octanol–water partition coefficient (Wildman–Crippen LogP) is 1.17. The summed E-state index contributed by atoms with van der Waals surface area (Å²) in [5.74, 6) is -0.577. The number of rotatable bonds is 6. The first-order valence-electron chi connectivity index (χ1n) is 6.12. The van der Waals surface area contributed by atoms with Gasteiger partial charge in [-0.25, -0.2) is 9.78 Å². The van der Waals surface area contributed by atoms with E-state index in [2.05, 4.69) is 4.98 Å². The van der Waals surface area contributed by atoms with Crippen LogP contribution in [0.4, 0.5) is 5.82 Å². The van der Waals surface area contributed by atoms with Gasteiger partial charge >= 0.3 is 11.9 Å². The minimum atomic E-state index is -0.942. The van der Waals surface area contributed by atoms with E-state index in [0.717, 1.165) is 12.8 Å². The molecule has 0 aliphatic heterocycles. The number of aliphatic carboxylic acids is 1. The molecular formula is C13H16N2O4. The molecule has 6 nitrogen and oxygen atoms in total. The average Bonchev–Trinajstić information content (AvgIpc) is 3.20. The van der Waals surface area contributed by atoms with E-state index in [1.807, 2.05) is 0 Å². The van der Waals surface area contributed by atoms with Gasteiger partial charge in [0.15, 0.2) is 0 Å². The Kier molecular flexibility index (Phi) is 3.99. The summed E-state index contributed by atoms with van der Waals surface area (Å²) >= 11 is 0. The molecule has 0 aromatic carbocycles. The molecule has 0 atom stereocenters. The van der Waals surface area contributed by atoms with Crippen molar-refractivity contribution in [3.63, 3.8) is 0 Å². The van der Waals surface area contributed by atoms with Gasteiger partial charge in [0.05, 0.1) is 7.11 Å². The molecule has 2 rings (SSSR count). The summed E-state index contributed by atoms with van der Waals surface area (Å²) in [5.41, 5.74) is 0.298. The summed E-state index contributed by atoms with van der Waals surface area (Å²) < 4.78 is 4.70. The second-order valence-electron chi connectivity index (χ2n) is 4.58. The number of carboxylic acid groups (broad SMARTS) is 1. The molecule has 0 bridgehead atoms. The van der Waals surface area contributed by atoms with Crippen molar-refractivity contribution < 1.29 is 19.4 Å². The van der Waals surface area contributed by atoms with E-state index in [9.17, 15) is 9.59 Å². The molecule has 1 fully saturated rings. The number of pyridine rings is 1. The fourth-order valence-corrected chi connectivity index (χ4v) is 1.92. The van der Waals surface area contributed by atoms with Gasteiger partial charge in [-0.2, -0.15) is 0 Å². The van der Waals surface area contributed by atoms with Crippen molar-refractivity contribution in [1.29, 1.82) is 0 Å². The molecule has 1 N–H and O–H groups in total. The first-order valence-corrected chi connectivity index (χ1v) is 6.12. The summed E-state index contributed by atoms with van der Waals surface area (Å²) in [5, 5.41) is 8.98. The van der Waals surface area contributed by atoms with E-state index in [1.54, 1.807) is 23.2 Å². The highest BCUT2D eigenvalue weighted by Crippen LogP contribution is 2.31. The number of nitrogens with zero attached hydrogens (tertiary/aromatic N) is 2. The molecule has 0 unspecified atom stereocenters. The zero-order chi connectivity index (χ0) is 13.8. The lowest BCUT2D eigenvalue weighted by Crippen LogP contribution is -2.33. The Morgan fingerprint density at radius 1 is 1.53 bits per heavy atom. The molecule has 0 saturated heterocycles. The van der Waals surface area contributed by atoms with Crippen molar-refractivity contribution >= 4 is 17.8 Å². The second-order valence-corrected chi connectivity index (χ2v) is 4.58. The Labute approximate surface area is 111 Å². The maximum atomic E-state index is 11.7. The molecule has 1 aromatic rings. The molecule has 0 amide bonds. The Morgan fingerprint density at radius 2 is 2.26 bits per heavy atom. The van der Waals surface area contributed by atoms with Crippen LogP contribution in [0.1, 0.15) is 23.2 Å². The van der Waals surface area contributed by atoms with Gasteiger partial charge in [-0.15, -0.1) is 0 Å². The monoisotopic (exact) mass is 264 g/mol. The third-order valence-electron chi connectivity index (χ3n) is 2.99. The van der Waals surface area contributed by atoms with E-state index < -0.39 is 11.9 Å². The number of hydrogen-bond acceptors (Lipinski definition) is 5. The van der Waals surface area contributed by atoms with Gasteiger partial charge in [0.25, 0.3) is 0 Å². The van der Waals surface area contributed by atoms with Gasteiger partial charge in [-0.3, -0.25) is 4.79 Å². The van der Waals surface area contributed by atoms with Crippen LogP contribution in [0, 0.1) is 5.92 Å². The molecular weight excluding hydrogens is 248 g/mol. The van der Waals surface area contributed by atoms with Gasteiger partial charge in [-0.05, 0) is 30.9 Å². The zero-order valence-electron chi connectivity index (χ0n) is 10.7. The number of carbonyl (C=O) groups is 2. The Bertz CT molecular complexity index is 485. The van der Waals surface area contributed by atoms with Crippen LogP contribution < -0.4 is 4.90 Å². The highest BCUT2D eigenvalue weighted by Gasteiger charge is 2.28. The minimum absolute atomic E-state index is 0.169. The van der Waals surface area contributed by atoms with E-state index >= 15 is 0 Å². The van der Waals surface area contributed by atoms with E-state index in [0.29, 0.717) is 23.8 Å². The number of aromatic nitrogens is 1. The van der Waals surface area contributed by atoms with Crippen LogP contribution in [-0.2, 0) is 9.53 Å². The number of hydrogen-bond donors (Lipinski definition) is 1. The Morgan fingerprint density at radius 3 is 2.84 bits per heavy atom. The Hall–Kier alpha value is -2.11. The smallest absolute Gasteiger partial charge is 0.341 e. The summed E-state index contributed by atoms with van der Waals surface area (Å²) in [6, 6.07) is 3.22. The van der Waals surface area contributed by atoms with Crippen LogP contribution in [0.15, 0.2) is 18.3 Å². The second kappa shape index (κ2) is 5.69. The van der Waals surface area contributed by atoms with Gasteiger partial charge < -0.3 is 14.7 Å². The summed E-state index contributed by atoms with van der Waals surface area (Å²) in [6.45, 7) is 0.435. The van der Waals surface area contributed by atoms with Crippen molar-refractivity contribution in [3.8, 4) is 0 Å². The lowest BCUT2D eigenvalue weighted by Gasteiger charge is -2.23. The number of anilines is 1. The van der Waals surface area contributed by atoms with Crippen LogP contribution >= 0.6 is 0 Å². The van der Waals surface area contributed by atoms with Crippen molar-refractivity contribution in [2.45, 2.75) is 12.8 Å². The molecule has 102 valence electrons. The molecule has 0 radical (unpaired) electrons. The third-order valence-corrected chi connectivity index (χ3v) is 2.99. The van der Waals surface area contributed by atoms with Gasteiger partial charge in [-0.1, -0.05) is 0 Å². The standard InChI is InChI=1S/C13H16N2O4/c1-19-13(18)10-3-2-6-14-12(10)15(8-11(16)17)7-9-4-5-9/h2-3,6,9H,4-5,7-8H2,1H3,(H,16,17). The fourth-order valence-electron chi connectivity index (χ4n) is 1.92. The lowest BCUT2D eigenvalue weighted by molar-refractivity contribution is -0.135. The molecule has 1 aliphatic rings. The highest BCUT2D eigenvalue weighted by molar-refractivity contribution is 5.95. The first-order chi connectivity index (χ1) is 9.11. The number of carboxylic acids is 1. The third kappa shape index (κ3) is 3.43. The molecule has 19 heavy (non-hydrogen) atoms. The number of methoxy groups -OCH3 is 1. The van der Waals surface area contributed by atoms with Gasteiger partial charge in [0, 0.05) is 12.7 Å². The van der Waals surface area contributed by atoms with Crippen LogP contribution in [0.2, 0.25) is 0 Å². The molecule has 1 saturated carbocycles. The number of ether oxygens (including phenoxy) is 1. The minimum Gasteiger partial charge on any atom is -0.480 e. The van der Waals surface area contributed by atoms with Crippen LogP contribution in [0.5, 0.6) is 0 Å². The molecule has 1 heterocycles. The van der Waals surface area contributed by atoms with Crippen LogP contribution in [0.3, 0.4) is 0 Å². The lowest BCUT2D eigenvalue weighted by atomic mass is 10.2. The molecule has 6 heteroatoms. The fraction of sp³-hybridized carbons (Fsp3) is 0.462. The largest absolute Gasteiger partial charge is 0.480 e. The van der Waals surface area contributed by atoms with E-state index in [4.69, 9.17) is 9.84 Å². The molecule has 0 spiro atoms. The van der Waals surface area contributed by atoms with E-state index in [-0.39, 0.29) is 6.54 Å². The quantitative estimate of drug-likeness (QED) is 0.777. The number of carbonyl (C=O) groups excluding carboxylic acids is 1. The van der Waals surface area contributed by atoms with Gasteiger partial charge in [0.1, 0.15) is 17.9 Å². The summed E-state index contributed by atoms with van der Waals surface area (Å²) in [6.07, 6.45) is 3.73. The van der Waals surface area contributed by atoms with Crippen LogP contribution in [-0.4, -0.2) is 42.2 Å². The normalized spacial score (nSPS) is 13.9. The van der Waals surface area contributed by atoms with Crippen molar-refractivity contribution in [2.24, 2.45) is 5.92 Å². The summed E-state index contributed by atoms with van der Waals surface area (Å²) in [7, 11) is 1.29. The van der Waals surface area contributed by atoms with E-state index in [1.165, 1.54) is 7.11 Å². The topological polar surface area (TPSA) is 79.7 Å². The predicted molar refractivity (Wildman–Crippen MR) is 68.1 cm³/mol. The number of esters is 1. The summed E-state index contributed by atoms with van der Waals surface area (Å²) in [4.78, 5) is 28.4. The maximum Gasteiger partial charge on any atom is 0.341 e. The maximum absolute atomic E-state index is 11.7. The Balaban J connectivity index is 2.28. The van der Waals surface area contributed by atoms with Crippen molar-refractivity contribution in [1.82, 2.24) is 4.98 Å². The SMILES string of the molecule is COC(=O)c1cccnc1N(CC(=O)O)CC1CC1. The highest BCUT2D eigenvalue weighted by atomic mass is 16.5. The first kappa shape index (κ1) is 13.3.